The Bertz CT molecular complexity index is 219. The van der Waals surface area contributed by atoms with Crippen molar-refractivity contribution in [3.8, 4) is 0 Å². The van der Waals surface area contributed by atoms with Gasteiger partial charge in [-0.3, -0.25) is 9.59 Å². The second kappa shape index (κ2) is 4.98. The lowest BCUT2D eigenvalue weighted by atomic mass is 9.86. The number of rotatable bonds is 3. The molecule has 0 radical (unpaired) electrons. The maximum Gasteiger partial charge on any atom is 0.306 e. The van der Waals surface area contributed by atoms with Crippen LogP contribution in [0.3, 0.4) is 0 Å². The normalized spacial score (nSPS) is 26.9. The maximum absolute atomic E-state index is 11.1. The molecule has 4 heteroatoms. The fraction of sp³-hybridized carbons (Fsp3) is 0.800. The fourth-order valence-electron chi connectivity index (χ4n) is 1.81. The average Bonchev–Trinajstić information content (AvgIpc) is 2.18. The lowest BCUT2D eigenvalue weighted by Crippen LogP contribution is -2.38. The molecule has 2 N–H and O–H groups in total. The molecular formula is C10H17NO3. The summed E-state index contributed by atoms with van der Waals surface area (Å²) < 4.78 is 0. The summed E-state index contributed by atoms with van der Waals surface area (Å²) in [7, 11) is 0. The second-order valence-electron chi connectivity index (χ2n) is 3.81. The molecule has 1 amide bonds. The highest BCUT2D eigenvalue weighted by Crippen LogP contribution is 2.24. The molecule has 1 aliphatic carbocycles. The van der Waals surface area contributed by atoms with E-state index >= 15 is 0 Å². The van der Waals surface area contributed by atoms with Gasteiger partial charge >= 0.3 is 5.97 Å². The molecule has 4 nitrogen and oxygen atoms in total. The van der Waals surface area contributed by atoms with Crippen molar-refractivity contribution in [3.63, 3.8) is 0 Å². The predicted molar refractivity (Wildman–Crippen MR) is 51.8 cm³/mol. The molecule has 0 saturated heterocycles. The first kappa shape index (κ1) is 11.0. The number of nitrogens with one attached hydrogen (secondary N) is 1. The van der Waals surface area contributed by atoms with Crippen LogP contribution >= 0.6 is 0 Å². The lowest BCUT2D eigenvalue weighted by molar-refractivity contribution is -0.142. The molecule has 0 heterocycles. The third-order valence-electron chi connectivity index (χ3n) is 2.76. The fourth-order valence-corrected chi connectivity index (χ4v) is 1.81. The number of amides is 1. The van der Waals surface area contributed by atoms with Crippen LogP contribution < -0.4 is 5.32 Å². The molecule has 0 unspecified atom stereocenters. The van der Waals surface area contributed by atoms with Crippen LogP contribution in [0.2, 0.25) is 0 Å². The van der Waals surface area contributed by atoms with Crippen LogP contribution in [0, 0.1) is 5.92 Å². The van der Waals surface area contributed by atoms with Crippen molar-refractivity contribution in [1.29, 1.82) is 0 Å². The Kier molecular flexibility index (Phi) is 3.92. The van der Waals surface area contributed by atoms with Crippen molar-refractivity contribution in [2.75, 3.05) is 0 Å². The third kappa shape index (κ3) is 3.01. The zero-order valence-corrected chi connectivity index (χ0v) is 8.45. The standard InChI is InChI=1S/C10H17NO3/c1-2-9(12)11-8-5-3-7(4-6-8)10(13)14/h7-8H,2-6H2,1H3,(H,11,12)(H,13,14)/t7-,8+. The van der Waals surface area contributed by atoms with Crippen LogP contribution in [0.25, 0.3) is 0 Å². The molecule has 1 aliphatic rings. The smallest absolute Gasteiger partial charge is 0.306 e. The second-order valence-corrected chi connectivity index (χ2v) is 3.81. The first-order chi connectivity index (χ1) is 6.63. The number of hydrogen-bond acceptors (Lipinski definition) is 2. The number of carboxylic acids is 1. The van der Waals surface area contributed by atoms with E-state index in [0.29, 0.717) is 19.3 Å². The van der Waals surface area contributed by atoms with E-state index in [4.69, 9.17) is 5.11 Å². The molecule has 1 saturated carbocycles. The van der Waals surface area contributed by atoms with Crippen molar-refractivity contribution < 1.29 is 14.7 Å². The van der Waals surface area contributed by atoms with Crippen molar-refractivity contribution in [2.24, 2.45) is 5.92 Å². The molecule has 0 aromatic heterocycles. The Morgan fingerprint density at radius 2 is 1.86 bits per heavy atom. The maximum atomic E-state index is 11.1. The van der Waals surface area contributed by atoms with Gasteiger partial charge in [0.2, 0.25) is 5.91 Å². The molecule has 80 valence electrons. The van der Waals surface area contributed by atoms with Crippen molar-refractivity contribution in [3.05, 3.63) is 0 Å². The van der Waals surface area contributed by atoms with Crippen LogP contribution in [0.1, 0.15) is 39.0 Å². The number of carboxylic acid groups (broad SMARTS) is 1. The van der Waals surface area contributed by atoms with Crippen molar-refractivity contribution in [2.45, 2.75) is 45.1 Å². The van der Waals surface area contributed by atoms with Gasteiger partial charge in [0.15, 0.2) is 0 Å². The topological polar surface area (TPSA) is 66.4 Å². The van der Waals surface area contributed by atoms with Gasteiger partial charge in [-0.15, -0.1) is 0 Å². The van der Waals surface area contributed by atoms with Crippen LogP contribution in [0.4, 0.5) is 0 Å². The summed E-state index contributed by atoms with van der Waals surface area (Å²) in [5.74, 6) is -0.848. The number of carbonyl (C=O) groups excluding carboxylic acids is 1. The minimum atomic E-state index is -0.703. The van der Waals surface area contributed by atoms with Gasteiger partial charge < -0.3 is 10.4 Å². The number of carbonyl (C=O) groups is 2. The van der Waals surface area contributed by atoms with Crippen LogP contribution in [-0.2, 0) is 9.59 Å². The third-order valence-corrected chi connectivity index (χ3v) is 2.76. The summed E-state index contributed by atoms with van der Waals surface area (Å²) in [5, 5.41) is 11.7. The van der Waals surface area contributed by atoms with E-state index in [0.717, 1.165) is 12.8 Å². The monoisotopic (exact) mass is 199 g/mol. The molecule has 1 rings (SSSR count). The Morgan fingerprint density at radius 3 is 2.29 bits per heavy atom. The molecule has 0 aromatic rings. The van der Waals surface area contributed by atoms with E-state index in [1.165, 1.54) is 0 Å². The summed E-state index contributed by atoms with van der Waals surface area (Å²) in [6, 6.07) is 0.193. The zero-order chi connectivity index (χ0) is 10.6. The van der Waals surface area contributed by atoms with Gasteiger partial charge in [-0.1, -0.05) is 6.92 Å². The quantitative estimate of drug-likeness (QED) is 0.716. The Morgan fingerprint density at radius 1 is 1.29 bits per heavy atom. The van der Waals surface area contributed by atoms with Gasteiger partial charge in [-0.2, -0.15) is 0 Å². The van der Waals surface area contributed by atoms with Gasteiger partial charge in [0.1, 0.15) is 0 Å². The Hall–Kier alpha value is -1.06. The van der Waals surface area contributed by atoms with E-state index in [1.54, 1.807) is 0 Å². The molecule has 1 fully saturated rings. The van der Waals surface area contributed by atoms with Crippen LogP contribution in [0.5, 0.6) is 0 Å². The van der Waals surface area contributed by atoms with Gasteiger partial charge in [-0.25, -0.2) is 0 Å². The molecular weight excluding hydrogens is 182 g/mol. The molecule has 0 aromatic carbocycles. The SMILES string of the molecule is CCC(=O)N[C@H]1CC[C@@H](C(=O)O)CC1. The molecule has 0 bridgehead atoms. The van der Waals surface area contributed by atoms with E-state index in [2.05, 4.69) is 5.32 Å². The molecule has 14 heavy (non-hydrogen) atoms. The highest BCUT2D eigenvalue weighted by Gasteiger charge is 2.26. The first-order valence-electron chi connectivity index (χ1n) is 5.15. The minimum absolute atomic E-state index is 0.0591. The Balaban J connectivity index is 2.29. The van der Waals surface area contributed by atoms with Crippen LogP contribution in [0.15, 0.2) is 0 Å². The summed E-state index contributed by atoms with van der Waals surface area (Å²) in [6.07, 6.45) is 3.46. The number of hydrogen-bond donors (Lipinski definition) is 2. The Labute approximate surface area is 83.7 Å². The zero-order valence-electron chi connectivity index (χ0n) is 8.45. The van der Waals surface area contributed by atoms with E-state index in [9.17, 15) is 9.59 Å². The summed E-state index contributed by atoms with van der Waals surface area (Å²) in [4.78, 5) is 21.7. The van der Waals surface area contributed by atoms with Crippen LogP contribution in [-0.4, -0.2) is 23.0 Å². The van der Waals surface area contributed by atoms with E-state index in [-0.39, 0.29) is 17.9 Å². The van der Waals surface area contributed by atoms with Gasteiger partial charge in [0.25, 0.3) is 0 Å². The van der Waals surface area contributed by atoms with Gasteiger partial charge in [0.05, 0.1) is 5.92 Å². The summed E-state index contributed by atoms with van der Waals surface area (Å²) >= 11 is 0. The molecule has 0 aliphatic heterocycles. The molecule has 0 atom stereocenters. The first-order valence-corrected chi connectivity index (χ1v) is 5.15. The largest absolute Gasteiger partial charge is 0.481 e. The average molecular weight is 199 g/mol. The van der Waals surface area contributed by atoms with Crippen molar-refractivity contribution >= 4 is 11.9 Å². The summed E-state index contributed by atoms with van der Waals surface area (Å²) in [6.45, 7) is 1.82. The number of aliphatic carboxylic acids is 1. The van der Waals surface area contributed by atoms with Gasteiger partial charge in [0, 0.05) is 12.5 Å². The van der Waals surface area contributed by atoms with Crippen molar-refractivity contribution in [1.82, 2.24) is 5.32 Å². The highest BCUT2D eigenvalue weighted by molar-refractivity contribution is 5.76. The lowest BCUT2D eigenvalue weighted by Gasteiger charge is -2.26. The minimum Gasteiger partial charge on any atom is -0.481 e. The van der Waals surface area contributed by atoms with Gasteiger partial charge in [-0.05, 0) is 25.7 Å². The van der Waals surface area contributed by atoms with E-state index in [1.807, 2.05) is 6.92 Å². The molecule has 0 spiro atoms. The van der Waals surface area contributed by atoms with E-state index < -0.39 is 5.97 Å². The highest BCUT2D eigenvalue weighted by atomic mass is 16.4. The predicted octanol–water partition coefficient (Wildman–Crippen LogP) is 1.16. The summed E-state index contributed by atoms with van der Waals surface area (Å²) in [5.41, 5.74) is 0.